The summed E-state index contributed by atoms with van der Waals surface area (Å²) in [4.78, 5) is 24.1. The molecule has 2 aromatic rings. The molecule has 2 heterocycles. The van der Waals surface area contributed by atoms with Crippen molar-refractivity contribution in [3.63, 3.8) is 0 Å². The van der Waals surface area contributed by atoms with E-state index in [2.05, 4.69) is 10.6 Å². The van der Waals surface area contributed by atoms with E-state index in [-0.39, 0.29) is 17.5 Å². The molecule has 1 aromatic heterocycles. The van der Waals surface area contributed by atoms with Crippen LogP contribution >= 0.6 is 0 Å². The molecule has 1 fully saturated rings. The number of benzene rings is 1. The van der Waals surface area contributed by atoms with E-state index in [0.717, 1.165) is 31.3 Å². The lowest BCUT2D eigenvalue weighted by Crippen LogP contribution is -2.46. The van der Waals surface area contributed by atoms with Crippen LogP contribution < -0.4 is 16.3 Å². The summed E-state index contributed by atoms with van der Waals surface area (Å²) < 4.78 is 5.17. The van der Waals surface area contributed by atoms with Crippen LogP contribution in [0.1, 0.15) is 23.2 Å². The molecule has 1 aromatic carbocycles. The molecule has 0 radical (unpaired) electrons. The van der Waals surface area contributed by atoms with Crippen molar-refractivity contribution in [3.05, 3.63) is 46.3 Å². The Hall–Kier alpha value is -2.14. The first kappa shape index (κ1) is 12.9. The molecule has 3 rings (SSSR count). The first-order valence-electron chi connectivity index (χ1n) is 6.78. The van der Waals surface area contributed by atoms with Crippen LogP contribution in [0.25, 0.3) is 11.0 Å². The van der Waals surface area contributed by atoms with Crippen LogP contribution in [-0.2, 0) is 0 Å². The van der Waals surface area contributed by atoms with Gasteiger partial charge in [0.25, 0.3) is 5.91 Å². The fourth-order valence-electron chi connectivity index (χ4n) is 2.46. The van der Waals surface area contributed by atoms with E-state index < -0.39 is 5.63 Å². The molecule has 1 amide bonds. The van der Waals surface area contributed by atoms with Gasteiger partial charge in [-0.25, -0.2) is 4.79 Å². The van der Waals surface area contributed by atoms with Crippen LogP contribution in [0.4, 0.5) is 0 Å². The van der Waals surface area contributed by atoms with Crippen molar-refractivity contribution < 1.29 is 9.21 Å². The smallest absolute Gasteiger partial charge is 0.349 e. The highest BCUT2D eigenvalue weighted by molar-refractivity contribution is 5.96. The lowest BCUT2D eigenvalue weighted by molar-refractivity contribution is 0.0927. The van der Waals surface area contributed by atoms with Gasteiger partial charge in [-0.05, 0) is 31.5 Å². The lowest BCUT2D eigenvalue weighted by atomic mass is 10.1. The van der Waals surface area contributed by atoms with Crippen molar-refractivity contribution in [3.8, 4) is 0 Å². The number of piperidine rings is 1. The summed E-state index contributed by atoms with van der Waals surface area (Å²) in [6.45, 7) is 1.72. The standard InChI is InChI=1S/C15H16N2O3/c18-14(17-11-5-3-7-16-9-11)12-8-10-4-1-2-6-13(10)20-15(12)19/h1-2,4,6,8,11,16H,3,5,7,9H2,(H,17,18)/t11-/m1/s1. The van der Waals surface area contributed by atoms with E-state index in [9.17, 15) is 9.59 Å². The molecule has 0 bridgehead atoms. The van der Waals surface area contributed by atoms with Crippen molar-refractivity contribution in [1.29, 1.82) is 0 Å². The minimum absolute atomic E-state index is 0.0641. The van der Waals surface area contributed by atoms with Gasteiger partial charge in [-0.15, -0.1) is 0 Å². The molecule has 5 nitrogen and oxygen atoms in total. The van der Waals surface area contributed by atoms with Crippen LogP contribution in [0.5, 0.6) is 0 Å². The number of rotatable bonds is 2. The molecule has 2 N–H and O–H groups in total. The maximum atomic E-state index is 12.2. The third-order valence-electron chi connectivity index (χ3n) is 3.52. The molecule has 20 heavy (non-hydrogen) atoms. The monoisotopic (exact) mass is 272 g/mol. The van der Waals surface area contributed by atoms with Gasteiger partial charge in [-0.3, -0.25) is 4.79 Å². The van der Waals surface area contributed by atoms with Crippen LogP contribution in [-0.4, -0.2) is 25.0 Å². The van der Waals surface area contributed by atoms with E-state index in [1.54, 1.807) is 18.2 Å². The molecule has 0 spiro atoms. The summed E-state index contributed by atoms with van der Waals surface area (Å²) in [5.74, 6) is -0.363. The van der Waals surface area contributed by atoms with Crippen molar-refractivity contribution >= 4 is 16.9 Å². The van der Waals surface area contributed by atoms with Crippen LogP contribution in [0, 0.1) is 0 Å². The first-order valence-corrected chi connectivity index (χ1v) is 6.78. The van der Waals surface area contributed by atoms with Crippen LogP contribution in [0.15, 0.2) is 39.5 Å². The number of hydrogen-bond donors (Lipinski definition) is 2. The van der Waals surface area contributed by atoms with Gasteiger partial charge < -0.3 is 15.1 Å². The molecule has 104 valence electrons. The summed E-state index contributed by atoms with van der Waals surface area (Å²) in [5.41, 5.74) is -0.0346. The summed E-state index contributed by atoms with van der Waals surface area (Å²) in [6, 6.07) is 8.82. The Morgan fingerprint density at radius 2 is 2.20 bits per heavy atom. The molecular formula is C15H16N2O3. The van der Waals surface area contributed by atoms with E-state index >= 15 is 0 Å². The van der Waals surface area contributed by atoms with Gasteiger partial charge in [0.15, 0.2) is 0 Å². The molecule has 1 aliphatic heterocycles. The number of carbonyl (C=O) groups excluding carboxylic acids is 1. The number of nitrogens with one attached hydrogen (secondary N) is 2. The molecule has 0 unspecified atom stereocenters. The summed E-state index contributed by atoms with van der Waals surface area (Å²) in [6.07, 6.45) is 1.95. The molecular weight excluding hydrogens is 256 g/mol. The predicted molar refractivity (Wildman–Crippen MR) is 75.8 cm³/mol. The maximum Gasteiger partial charge on any atom is 0.349 e. The van der Waals surface area contributed by atoms with Crippen LogP contribution in [0.3, 0.4) is 0 Å². The van der Waals surface area contributed by atoms with Crippen molar-refractivity contribution in [2.45, 2.75) is 18.9 Å². The van der Waals surface area contributed by atoms with E-state index in [1.165, 1.54) is 0 Å². The quantitative estimate of drug-likeness (QED) is 0.808. The largest absolute Gasteiger partial charge is 0.422 e. The minimum atomic E-state index is -0.593. The van der Waals surface area contributed by atoms with Crippen molar-refractivity contribution in [2.75, 3.05) is 13.1 Å². The second-order valence-corrected chi connectivity index (χ2v) is 5.00. The normalized spacial score (nSPS) is 18.9. The zero-order chi connectivity index (χ0) is 13.9. The Morgan fingerprint density at radius 1 is 1.35 bits per heavy atom. The number of para-hydroxylation sites is 1. The summed E-state index contributed by atoms with van der Waals surface area (Å²) in [7, 11) is 0. The molecule has 0 aliphatic carbocycles. The van der Waals surface area contributed by atoms with Gasteiger partial charge in [0.05, 0.1) is 0 Å². The summed E-state index contributed by atoms with van der Waals surface area (Å²) >= 11 is 0. The fraction of sp³-hybridized carbons (Fsp3) is 0.333. The topological polar surface area (TPSA) is 71.3 Å². The van der Waals surface area contributed by atoms with Crippen molar-refractivity contribution in [2.24, 2.45) is 0 Å². The minimum Gasteiger partial charge on any atom is -0.422 e. The molecule has 1 atom stereocenters. The van der Waals surface area contributed by atoms with Gasteiger partial charge in [-0.2, -0.15) is 0 Å². The molecule has 5 heteroatoms. The van der Waals surface area contributed by atoms with Gasteiger partial charge in [0.2, 0.25) is 0 Å². The highest BCUT2D eigenvalue weighted by Crippen LogP contribution is 2.13. The average molecular weight is 272 g/mol. The van der Waals surface area contributed by atoms with Gasteiger partial charge in [-0.1, -0.05) is 18.2 Å². The average Bonchev–Trinajstić information content (AvgIpc) is 2.47. The zero-order valence-corrected chi connectivity index (χ0v) is 11.0. The Balaban J connectivity index is 1.87. The van der Waals surface area contributed by atoms with E-state index in [0.29, 0.717) is 5.58 Å². The SMILES string of the molecule is O=C(N[C@@H]1CCCNC1)c1cc2ccccc2oc1=O. The Bertz CT molecular complexity index is 687. The van der Waals surface area contributed by atoms with E-state index in [4.69, 9.17) is 4.42 Å². The van der Waals surface area contributed by atoms with Gasteiger partial charge in [0, 0.05) is 18.0 Å². The number of carbonyl (C=O) groups is 1. The van der Waals surface area contributed by atoms with E-state index in [1.807, 2.05) is 12.1 Å². The summed E-state index contributed by atoms with van der Waals surface area (Å²) in [5, 5.41) is 6.85. The highest BCUT2D eigenvalue weighted by atomic mass is 16.4. The maximum absolute atomic E-state index is 12.2. The molecule has 0 saturated carbocycles. The zero-order valence-electron chi connectivity index (χ0n) is 11.0. The van der Waals surface area contributed by atoms with Gasteiger partial charge >= 0.3 is 5.63 Å². The molecule has 1 saturated heterocycles. The Kier molecular flexibility index (Phi) is 3.52. The number of hydrogen-bond acceptors (Lipinski definition) is 4. The second kappa shape index (κ2) is 5.46. The number of fused-ring (bicyclic) bond motifs is 1. The third kappa shape index (κ3) is 2.58. The second-order valence-electron chi connectivity index (χ2n) is 5.00. The predicted octanol–water partition coefficient (Wildman–Crippen LogP) is 1.27. The lowest BCUT2D eigenvalue weighted by Gasteiger charge is -2.23. The molecule has 1 aliphatic rings. The Morgan fingerprint density at radius 3 is 3.00 bits per heavy atom. The third-order valence-corrected chi connectivity index (χ3v) is 3.52. The Labute approximate surface area is 116 Å². The first-order chi connectivity index (χ1) is 9.74. The van der Waals surface area contributed by atoms with Crippen LogP contribution in [0.2, 0.25) is 0 Å². The fourth-order valence-corrected chi connectivity index (χ4v) is 2.46. The highest BCUT2D eigenvalue weighted by Gasteiger charge is 2.19. The number of amides is 1. The van der Waals surface area contributed by atoms with Gasteiger partial charge in [0.1, 0.15) is 11.1 Å². The van der Waals surface area contributed by atoms with Crippen molar-refractivity contribution in [1.82, 2.24) is 10.6 Å².